The highest BCUT2D eigenvalue weighted by molar-refractivity contribution is 14.1. The van der Waals surface area contributed by atoms with Crippen LogP contribution in [0.15, 0.2) is 157 Å². The van der Waals surface area contributed by atoms with E-state index in [0.29, 0.717) is 5.82 Å². The van der Waals surface area contributed by atoms with Crippen molar-refractivity contribution in [3.63, 3.8) is 0 Å². The van der Waals surface area contributed by atoms with Crippen LogP contribution in [0.5, 0.6) is 0 Å². The van der Waals surface area contributed by atoms with E-state index in [1.54, 1.807) is 4.80 Å². The molecular weight excluding hydrogens is 739 g/mol. The van der Waals surface area contributed by atoms with Gasteiger partial charge in [0.05, 0.1) is 5.69 Å². The van der Waals surface area contributed by atoms with Crippen molar-refractivity contribution in [1.82, 2.24) is 25.2 Å². The minimum atomic E-state index is -0.886. The van der Waals surface area contributed by atoms with Crippen LogP contribution in [0.3, 0.4) is 0 Å². The van der Waals surface area contributed by atoms with Crippen LogP contribution in [0.2, 0.25) is 0 Å². The highest BCUT2D eigenvalue weighted by Gasteiger charge is 2.41. The normalized spacial score (nSPS) is 15.4. The van der Waals surface area contributed by atoms with Crippen LogP contribution >= 0.6 is 22.6 Å². The number of nitrogens with zero attached hydrogens (tertiary/aromatic N) is 6. The molecule has 248 valence electrons. The lowest BCUT2D eigenvalue weighted by Crippen LogP contribution is -2.39. The van der Waals surface area contributed by atoms with Crippen LogP contribution in [-0.2, 0) is 11.1 Å². The van der Waals surface area contributed by atoms with Crippen molar-refractivity contribution < 1.29 is 0 Å². The molecule has 0 fully saturated rings. The molecule has 0 bridgehead atoms. The molecule has 5 aromatic carbocycles. The molecule has 1 aliphatic rings. The molecule has 0 radical (unpaired) electrons. The lowest BCUT2D eigenvalue weighted by atomic mass is 9.77. The molecule has 1 atom stereocenters. The van der Waals surface area contributed by atoms with Gasteiger partial charge < -0.3 is 0 Å². The average Bonchev–Trinajstić information content (AvgIpc) is 3.85. The average molecular weight is 775 g/mol. The van der Waals surface area contributed by atoms with Crippen LogP contribution in [-0.4, -0.2) is 31.4 Å². The van der Waals surface area contributed by atoms with Gasteiger partial charge in [0.25, 0.3) is 0 Å². The Bertz CT molecular complexity index is 2290. The summed E-state index contributed by atoms with van der Waals surface area (Å²) in [5.41, 5.74) is 9.86. The first-order chi connectivity index (χ1) is 24.9. The molecule has 6 nitrogen and oxygen atoms in total. The fourth-order valence-corrected chi connectivity index (χ4v) is 8.14. The summed E-state index contributed by atoms with van der Waals surface area (Å²) in [5, 5.41) is 15.1. The van der Waals surface area contributed by atoms with Crippen LogP contribution in [0, 0.1) is 17.4 Å². The van der Waals surface area contributed by atoms with Crippen LogP contribution in [0.4, 0.5) is 0 Å². The molecule has 0 aliphatic carbocycles. The van der Waals surface area contributed by atoms with Crippen molar-refractivity contribution in [2.24, 2.45) is 4.99 Å². The summed E-state index contributed by atoms with van der Waals surface area (Å²) in [6.45, 7) is 6.30. The molecule has 0 N–H and O–H groups in total. The maximum absolute atomic E-state index is 5.32. The van der Waals surface area contributed by atoms with Gasteiger partial charge in [-0.15, -0.1) is 15.0 Å². The minimum absolute atomic E-state index is 0.527. The summed E-state index contributed by atoms with van der Waals surface area (Å²) >= 11 is 2.44. The van der Waals surface area contributed by atoms with Crippen LogP contribution in [0.25, 0.3) is 33.6 Å². The number of aryl methyl sites for hydroxylation is 2. The number of aromatic nitrogens is 5. The first kappa shape index (κ1) is 32.7. The highest BCUT2D eigenvalue weighted by Crippen LogP contribution is 2.45. The second-order valence-electron chi connectivity index (χ2n) is 13.0. The predicted octanol–water partition coefficient (Wildman–Crippen LogP) is 9.99. The van der Waals surface area contributed by atoms with Gasteiger partial charge in [-0.3, -0.25) is 9.98 Å². The van der Waals surface area contributed by atoms with Gasteiger partial charge in [-0.25, -0.2) is 0 Å². The number of rotatable bonds is 8. The summed E-state index contributed by atoms with van der Waals surface area (Å²) in [6, 6.07) is 48.3. The van der Waals surface area contributed by atoms with Crippen molar-refractivity contribution in [2.45, 2.75) is 31.8 Å². The number of tetrazole rings is 1. The van der Waals surface area contributed by atoms with Gasteiger partial charge in [0.15, 0.2) is 5.54 Å². The first-order valence-corrected chi connectivity index (χ1v) is 18.1. The number of halogens is 1. The summed E-state index contributed by atoms with van der Waals surface area (Å²) in [4.78, 5) is 11.6. The van der Waals surface area contributed by atoms with Gasteiger partial charge >= 0.3 is 0 Å². The SMILES string of the molecule is Cc1nc(C)c(C2(C)C=CC=N2)c(-c2ccc(-c3ccccc3)c(-c3nnn(C(c4ccccc4)(c4ccccc4)c4ccccc4)n3)c2)c1I. The first-order valence-electron chi connectivity index (χ1n) is 17.0. The molecule has 7 heteroatoms. The van der Waals surface area contributed by atoms with Gasteiger partial charge in [-0.1, -0.05) is 140 Å². The zero-order valence-electron chi connectivity index (χ0n) is 28.6. The smallest absolute Gasteiger partial charge is 0.205 e. The van der Waals surface area contributed by atoms with Gasteiger partial charge in [-0.2, -0.15) is 0 Å². The Morgan fingerprint density at radius 3 is 1.76 bits per heavy atom. The van der Waals surface area contributed by atoms with Crippen molar-refractivity contribution in [3.8, 4) is 33.6 Å². The van der Waals surface area contributed by atoms with Crippen LogP contribution in [0.1, 0.15) is 40.6 Å². The van der Waals surface area contributed by atoms with Crippen molar-refractivity contribution in [2.75, 3.05) is 0 Å². The lowest BCUT2D eigenvalue weighted by molar-refractivity contribution is 0.396. The maximum Gasteiger partial charge on any atom is 0.205 e. The van der Waals surface area contributed by atoms with E-state index in [0.717, 1.165) is 65.0 Å². The fraction of sp³-hybridized carbons (Fsp3) is 0.114. The summed E-state index contributed by atoms with van der Waals surface area (Å²) < 4.78 is 1.09. The summed E-state index contributed by atoms with van der Waals surface area (Å²) in [6.07, 6.45) is 6.04. The van der Waals surface area contributed by atoms with Crippen molar-refractivity contribution in [3.05, 3.63) is 189 Å². The number of benzene rings is 5. The Morgan fingerprint density at radius 2 is 1.22 bits per heavy atom. The Morgan fingerprint density at radius 1 is 0.647 bits per heavy atom. The molecule has 1 aliphatic heterocycles. The third-order valence-electron chi connectivity index (χ3n) is 9.76. The van der Waals surface area contributed by atoms with Crippen molar-refractivity contribution in [1.29, 1.82) is 0 Å². The zero-order chi connectivity index (χ0) is 35.0. The van der Waals surface area contributed by atoms with E-state index in [4.69, 9.17) is 25.4 Å². The molecule has 1 unspecified atom stereocenters. The van der Waals surface area contributed by atoms with Gasteiger partial charge in [0.2, 0.25) is 5.82 Å². The summed E-state index contributed by atoms with van der Waals surface area (Å²) in [5.74, 6) is 0.534. The van der Waals surface area contributed by atoms with Crippen LogP contribution < -0.4 is 0 Å². The second-order valence-corrected chi connectivity index (χ2v) is 14.0. The summed E-state index contributed by atoms with van der Waals surface area (Å²) in [7, 11) is 0. The van der Waals surface area contributed by atoms with E-state index < -0.39 is 11.1 Å². The minimum Gasteiger partial charge on any atom is -0.278 e. The standard InChI is InChI=1S/C44H35IN6/c1-30-40(43(3)27-16-28-46-43)39(41(45)31(2)47-30)33-25-26-37(32-17-8-4-9-18-32)38(29-33)42-48-50-51(49-42)44(34-19-10-5-11-20-34,35-21-12-6-13-22-35)36-23-14-7-15-24-36/h4-29H,1-3H3. The van der Waals surface area contributed by atoms with Crippen molar-refractivity contribution >= 4 is 28.8 Å². The molecule has 8 rings (SSSR count). The molecule has 0 spiro atoms. The van der Waals surface area contributed by atoms with Gasteiger partial charge in [0.1, 0.15) is 5.54 Å². The molecular formula is C44H35IN6. The maximum atomic E-state index is 5.32. The molecule has 0 saturated heterocycles. The molecule has 7 aromatic rings. The Labute approximate surface area is 311 Å². The number of hydrogen-bond acceptors (Lipinski definition) is 5. The topological polar surface area (TPSA) is 68.8 Å². The van der Waals surface area contributed by atoms with E-state index in [2.05, 4.69) is 165 Å². The van der Waals surface area contributed by atoms with Gasteiger partial charge in [0, 0.05) is 32.2 Å². The molecule has 0 amide bonds. The fourth-order valence-electron chi connectivity index (χ4n) is 7.44. The largest absolute Gasteiger partial charge is 0.278 e. The Balaban J connectivity index is 1.40. The highest BCUT2D eigenvalue weighted by atomic mass is 127. The third kappa shape index (κ3) is 5.62. The van der Waals surface area contributed by atoms with E-state index in [-0.39, 0.29) is 0 Å². The van der Waals surface area contributed by atoms with Gasteiger partial charge in [-0.05, 0) is 94.1 Å². The number of hydrogen-bond donors (Lipinski definition) is 0. The monoisotopic (exact) mass is 774 g/mol. The van der Waals surface area contributed by atoms with E-state index >= 15 is 0 Å². The quantitative estimate of drug-likeness (QED) is 0.114. The molecule has 51 heavy (non-hydrogen) atoms. The predicted molar refractivity (Wildman–Crippen MR) is 214 cm³/mol. The Hall–Kier alpha value is -5.54. The van der Waals surface area contributed by atoms with E-state index in [9.17, 15) is 0 Å². The molecule has 0 saturated carbocycles. The molecule has 2 aromatic heterocycles. The number of allylic oxidation sites excluding steroid dienone is 1. The molecule has 3 heterocycles. The second kappa shape index (κ2) is 13.3. The van der Waals surface area contributed by atoms with E-state index in [1.807, 2.05) is 36.6 Å². The number of aliphatic imine (C=N–C) groups is 1. The number of pyridine rings is 1. The lowest BCUT2D eigenvalue weighted by Gasteiger charge is -2.34. The zero-order valence-corrected chi connectivity index (χ0v) is 30.7. The third-order valence-corrected chi connectivity index (χ3v) is 11.1. The van der Waals surface area contributed by atoms with E-state index in [1.165, 1.54) is 0 Å². The Kier molecular flexibility index (Phi) is 8.52.